The van der Waals surface area contributed by atoms with E-state index in [4.69, 9.17) is 19.9 Å². The van der Waals surface area contributed by atoms with Crippen LogP contribution in [0.1, 0.15) is 33.6 Å². The number of esters is 2. The number of rotatable bonds is 8. The van der Waals surface area contributed by atoms with Gasteiger partial charge in [0.25, 0.3) is 5.91 Å². The zero-order valence-corrected chi connectivity index (χ0v) is 23.5. The number of carbonyl (C=O) groups is 4. The molecule has 0 radical (unpaired) electrons. The number of nitrogen functional groups attached to an aromatic ring is 1. The highest BCUT2D eigenvalue weighted by Crippen LogP contribution is 2.40. The van der Waals surface area contributed by atoms with Gasteiger partial charge >= 0.3 is 11.9 Å². The topological polar surface area (TPSA) is 128 Å². The molecule has 0 spiro atoms. The van der Waals surface area contributed by atoms with Crippen molar-refractivity contribution in [3.63, 3.8) is 0 Å². The van der Waals surface area contributed by atoms with Crippen molar-refractivity contribution in [3.8, 4) is 17.2 Å². The number of hydrogen-bond donors (Lipinski definition) is 1. The minimum atomic E-state index is -0.862. The van der Waals surface area contributed by atoms with Gasteiger partial charge in [-0.25, -0.2) is 14.0 Å². The molecule has 0 aliphatic carbocycles. The average molecular weight is 588 g/mol. The third-order valence-electron chi connectivity index (χ3n) is 7.48. The monoisotopic (exact) mass is 587 g/mol. The van der Waals surface area contributed by atoms with Gasteiger partial charge in [0.05, 0.1) is 24.0 Å². The predicted molar refractivity (Wildman–Crippen MR) is 156 cm³/mol. The molecule has 2 N–H and O–H groups in total. The quantitative estimate of drug-likeness (QED) is 0.180. The van der Waals surface area contributed by atoms with E-state index < -0.39 is 17.8 Å². The number of ether oxygens (including phenoxy) is 3. The highest BCUT2D eigenvalue weighted by atomic mass is 19.1. The van der Waals surface area contributed by atoms with Crippen LogP contribution in [0.4, 0.5) is 15.8 Å². The smallest absolute Gasteiger partial charge is 0.336 e. The van der Waals surface area contributed by atoms with Crippen LogP contribution in [0.2, 0.25) is 0 Å². The maximum absolute atomic E-state index is 14.2. The molecule has 0 aromatic heterocycles. The second-order valence-corrected chi connectivity index (χ2v) is 10.2. The number of para-hydroxylation sites is 2. The molecule has 1 saturated heterocycles. The number of nitrogens with zero attached hydrogens (tertiary/aromatic N) is 2. The van der Waals surface area contributed by atoms with E-state index >= 15 is 0 Å². The van der Waals surface area contributed by atoms with Crippen molar-refractivity contribution in [1.82, 2.24) is 4.90 Å². The summed E-state index contributed by atoms with van der Waals surface area (Å²) in [6.45, 7) is 1.95. The minimum Gasteiger partial charge on any atom is -0.495 e. The van der Waals surface area contributed by atoms with Crippen molar-refractivity contribution < 1.29 is 37.8 Å². The molecule has 43 heavy (non-hydrogen) atoms. The Bertz CT molecular complexity index is 1580. The molecule has 1 amide bonds. The van der Waals surface area contributed by atoms with Gasteiger partial charge in [0.1, 0.15) is 11.6 Å². The van der Waals surface area contributed by atoms with Crippen molar-refractivity contribution in [2.75, 3.05) is 43.9 Å². The summed E-state index contributed by atoms with van der Waals surface area (Å²) >= 11 is 0. The number of methoxy groups -OCH3 is 1. The van der Waals surface area contributed by atoms with E-state index in [1.165, 1.54) is 48.4 Å². The number of halogens is 1. The van der Waals surface area contributed by atoms with Gasteiger partial charge in [-0.15, -0.1) is 0 Å². The number of benzene rings is 3. The Morgan fingerprint density at radius 2 is 1.60 bits per heavy atom. The Balaban J connectivity index is 1.37. The van der Waals surface area contributed by atoms with Crippen LogP contribution in [0.15, 0.2) is 72.8 Å². The standard InChI is InChI=1S/C32H30FN3O7/c1-41-26-5-3-2-4-25(26)36(19-18-35-16-14-21(15-17-35)29(39)20-6-8-22(33)9-7-20)32(40)23-10-11-24(34)31-30(23)42-27(37)12-13-28(38)43-31/h2-13,21H,14-19,34H2,1H3/b13-12+. The van der Waals surface area contributed by atoms with Crippen LogP contribution in [0.25, 0.3) is 0 Å². The van der Waals surface area contributed by atoms with Crippen LogP contribution >= 0.6 is 0 Å². The normalized spacial score (nSPS) is 16.2. The number of hydrogen-bond acceptors (Lipinski definition) is 9. The fourth-order valence-electron chi connectivity index (χ4n) is 5.20. The zero-order chi connectivity index (χ0) is 30.5. The number of ketones is 1. The number of anilines is 2. The third kappa shape index (κ3) is 6.57. The summed E-state index contributed by atoms with van der Waals surface area (Å²) in [6.07, 6.45) is 3.07. The molecule has 2 aliphatic rings. The van der Waals surface area contributed by atoms with Crippen LogP contribution in [0.3, 0.4) is 0 Å². The van der Waals surface area contributed by atoms with Crippen LogP contribution in [0.5, 0.6) is 17.2 Å². The number of likely N-dealkylation sites (tertiary alicyclic amines) is 1. The van der Waals surface area contributed by atoms with Crippen molar-refractivity contribution in [2.24, 2.45) is 5.92 Å². The van der Waals surface area contributed by atoms with Gasteiger partial charge in [-0.3, -0.25) is 9.59 Å². The summed E-state index contributed by atoms with van der Waals surface area (Å²) in [5.41, 5.74) is 6.98. The van der Waals surface area contributed by atoms with E-state index in [0.717, 1.165) is 12.2 Å². The highest BCUT2D eigenvalue weighted by Gasteiger charge is 2.31. The molecule has 11 heteroatoms. The molecular weight excluding hydrogens is 557 g/mol. The summed E-state index contributed by atoms with van der Waals surface area (Å²) in [5.74, 6) is -2.82. The van der Waals surface area contributed by atoms with Crippen molar-refractivity contribution in [3.05, 3.63) is 89.8 Å². The Kier molecular flexibility index (Phi) is 8.82. The second kappa shape index (κ2) is 12.9. The van der Waals surface area contributed by atoms with Gasteiger partial charge in [0.2, 0.25) is 0 Å². The number of fused-ring (bicyclic) bond motifs is 1. The summed E-state index contributed by atoms with van der Waals surface area (Å²) in [5, 5.41) is 0. The first-order valence-corrected chi connectivity index (χ1v) is 13.8. The molecule has 10 nitrogen and oxygen atoms in total. The molecule has 2 aliphatic heterocycles. The first-order chi connectivity index (χ1) is 20.7. The Hall–Kier alpha value is -5.03. The average Bonchev–Trinajstić information content (AvgIpc) is 3.01. The van der Waals surface area contributed by atoms with Crippen LogP contribution in [0, 0.1) is 11.7 Å². The van der Waals surface area contributed by atoms with Crippen LogP contribution in [-0.4, -0.2) is 61.8 Å². The second-order valence-electron chi connectivity index (χ2n) is 10.2. The molecule has 0 unspecified atom stereocenters. The highest BCUT2D eigenvalue weighted by molar-refractivity contribution is 6.10. The molecule has 0 bridgehead atoms. The summed E-state index contributed by atoms with van der Waals surface area (Å²) in [7, 11) is 1.50. The van der Waals surface area contributed by atoms with E-state index in [9.17, 15) is 23.6 Å². The number of carbonyl (C=O) groups excluding carboxylic acids is 4. The lowest BCUT2D eigenvalue weighted by molar-refractivity contribution is -0.133. The summed E-state index contributed by atoms with van der Waals surface area (Å²) in [4.78, 5) is 55.2. The number of Topliss-reactive ketones (excluding diaryl/α,β-unsaturated/α-hetero) is 1. The van der Waals surface area contributed by atoms with Gasteiger partial charge < -0.3 is 29.7 Å². The minimum absolute atomic E-state index is 0.00425. The van der Waals surface area contributed by atoms with Gasteiger partial charge in [0.15, 0.2) is 17.3 Å². The van der Waals surface area contributed by atoms with E-state index in [0.29, 0.717) is 49.5 Å². The largest absolute Gasteiger partial charge is 0.495 e. The Morgan fingerprint density at radius 1 is 0.953 bits per heavy atom. The molecule has 1 fully saturated rings. The zero-order valence-electron chi connectivity index (χ0n) is 23.5. The summed E-state index contributed by atoms with van der Waals surface area (Å²) < 4.78 is 29.5. The molecule has 0 atom stereocenters. The first kappa shape index (κ1) is 29.5. The molecule has 3 aromatic rings. The lowest BCUT2D eigenvalue weighted by Crippen LogP contribution is -2.43. The number of piperidine rings is 1. The van der Waals surface area contributed by atoms with Gasteiger partial charge in [0, 0.05) is 36.7 Å². The SMILES string of the molecule is COc1ccccc1N(CCN1CCC(C(=O)c2ccc(F)cc2)CC1)C(=O)c1ccc(N)c2c1OC(=O)/C=C/C(=O)O2. The fraction of sp³-hybridized carbons (Fsp3) is 0.250. The molecule has 2 heterocycles. The van der Waals surface area contributed by atoms with Crippen LogP contribution in [-0.2, 0) is 9.59 Å². The molecule has 222 valence electrons. The van der Waals surface area contributed by atoms with Crippen molar-refractivity contribution >= 4 is 35.0 Å². The third-order valence-corrected chi connectivity index (χ3v) is 7.48. The van der Waals surface area contributed by atoms with Crippen molar-refractivity contribution in [1.29, 1.82) is 0 Å². The lowest BCUT2D eigenvalue weighted by Gasteiger charge is -2.33. The first-order valence-electron chi connectivity index (χ1n) is 13.8. The van der Waals surface area contributed by atoms with E-state index in [1.54, 1.807) is 24.3 Å². The fourth-order valence-corrected chi connectivity index (χ4v) is 5.20. The lowest BCUT2D eigenvalue weighted by atomic mass is 9.89. The molecule has 0 saturated carbocycles. The van der Waals surface area contributed by atoms with E-state index in [1.807, 2.05) is 0 Å². The maximum Gasteiger partial charge on any atom is 0.336 e. The van der Waals surface area contributed by atoms with Gasteiger partial charge in [-0.2, -0.15) is 0 Å². The van der Waals surface area contributed by atoms with Crippen LogP contribution < -0.4 is 24.8 Å². The van der Waals surface area contributed by atoms with E-state index in [-0.39, 0.29) is 46.8 Å². The van der Waals surface area contributed by atoms with E-state index in [2.05, 4.69) is 4.90 Å². The van der Waals surface area contributed by atoms with Gasteiger partial charge in [-0.1, -0.05) is 12.1 Å². The summed E-state index contributed by atoms with van der Waals surface area (Å²) in [6, 6.07) is 15.4. The van der Waals surface area contributed by atoms with Gasteiger partial charge in [-0.05, 0) is 74.5 Å². The Morgan fingerprint density at radius 3 is 2.28 bits per heavy atom. The Labute approximate surface area is 247 Å². The molecule has 5 rings (SSSR count). The molecular formula is C32H30FN3O7. The molecule has 3 aromatic carbocycles. The number of amides is 1. The maximum atomic E-state index is 14.2. The van der Waals surface area contributed by atoms with Crippen molar-refractivity contribution in [2.45, 2.75) is 12.8 Å². The number of nitrogens with two attached hydrogens (primary N) is 1. The predicted octanol–water partition coefficient (Wildman–Crippen LogP) is 4.04.